The van der Waals surface area contributed by atoms with E-state index in [1.165, 1.54) is 12.1 Å². The highest BCUT2D eigenvalue weighted by molar-refractivity contribution is 7.89. The van der Waals surface area contributed by atoms with Crippen molar-refractivity contribution < 1.29 is 21.9 Å². The van der Waals surface area contributed by atoms with Gasteiger partial charge in [-0.1, -0.05) is 23.2 Å². The van der Waals surface area contributed by atoms with Crippen LogP contribution in [0.25, 0.3) is 0 Å². The lowest BCUT2D eigenvalue weighted by atomic mass is 9.86. The van der Waals surface area contributed by atoms with Gasteiger partial charge in [0.15, 0.2) is 11.4 Å². The number of nitrogens with one attached hydrogen (secondary N) is 1. The van der Waals surface area contributed by atoms with Crippen LogP contribution in [0.3, 0.4) is 0 Å². The van der Waals surface area contributed by atoms with E-state index in [1.54, 1.807) is 0 Å². The second kappa shape index (κ2) is 6.64. The quantitative estimate of drug-likeness (QED) is 0.311. The molecule has 28 heavy (non-hydrogen) atoms. The van der Waals surface area contributed by atoms with Crippen LogP contribution in [0.15, 0.2) is 45.1 Å². The lowest BCUT2D eigenvalue weighted by Crippen LogP contribution is -2.46. The van der Waals surface area contributed by atoms with Crippen LogP contribution in [0, 0.1) is 0 Å². The van der Waals surface area contributed by atoms with E-state index in [2.05, 4.69) is 10.4 Å². The number of sulfonamides is 2. The molecule has 14 heteroatoms. The van der Waals surface area contributed by atoms with E-state index in [9.17, 15) is 21.9 Å². The molecule has 0 saturated heterocycles. The third-order valence-corrected chi connectivity index (χ3v) is 6.73. The number of nitrogens with two attached hydrogens (primary N) is 3. The predicted octanol–water partition coefficient (Wildman–Crippen LogP) is 0.0310. The first-order valence-electron chi connectivity index (χ1n) is 7.28. The van der Waals surface area contributed by atoms with E-state index < -0.39 is 30.5 Å². The molecule has 1 atom stereocenters. The van der Waals surface area contributed by atoms with Crippen molar-refractivity contribution >= 4 is 54.8 Å². The Kier molecular flexibility index (Phi) is 4.97. The van der Waals surface area contributed by atoms with Crippen molar-refractivity contribution in [3.05, 3.63) is 51.5 Å². The zero-order valence-corrected chi connectivity index (χ0v) is 16.9. The molecule has 0 radical (unpaired) electrons. The van der Waals surface area contributed by atoms with Crippen molar-refractivity contribution in [3.8, 4) is 0 Å². The molecule has 0 spiro atoms. The molecule has 0 bridgehead atoms. The average molecular weight is 466 g/mol. The number of halogens is 2. The first-order chi connectivity index (χ1) is 12.8. The number of hydrogen-bond acceptors (Lipinski definition) is 8. The third-order valence-electron chi connectivity index (χ3n) is 4.11. The Bertz CT molecular complexity index is 1250. The Labute approximate surface area is 170 Å². The van der Waals surface area contributed by atoms with E-state index in [1.807, 2.05) is 0 Å². The van der Waals surface area contributed by atoms with Gasteiger partial charge in [0.25, 0.3) is 0 Å². The van der Waals surface area contributed by atoms with Gasteiger partial charge in [0.2, 0.25) is 20.0 Å². The summed E-state index contributed by atoms with van der Waals surface area (Å²) >= 11 is 12.1. The van der Waals surface area contributed by atoms with E-state index in [0.29, 0.717) is 0 Å². The van der Waals surface area contributed by atoms with Gasteiger partial charge in [-0.25, -0.2) is 37.9 Å². The molecule has 1 aliphatic heterocycles. The molecule has 2 aromatic carbocycles. The minimum atomic E-state index is -4.25. The second-order valence-corrected chi connectivity index (χ2v) is 9.75. The molecule has 3 rings (SSSR count). The van der Waals surface area contributed by atoms with Crippen molar-refractivity contribution in [1.82, 2.24) is 5.43 Å². The molecule has 8 N–H and O–H groups in total. The summed E-state index contributed by atoms with van der Waals surface area (Å²) in [4.78, 5) is 3.27. The summed E-state index contributed by atoms with van der Waals surface area (Å²) in [5, 5.41) is 21.5. The molecule has 0 fully saturated rings. The standard InChI is InChI=1S/C14H13Cl2N5O5S2/c15-9-2-1-6(27(18,23)24)3-7(9)14(22)8-4-12(28(19,25)26)10(16)5-11(8)20-13(14)21-17/h1-5,22H,17H2,(H,20,21)(H2,18,23,24)(H2,19,25,26). The second-order valence-electron chi connectivity index (χ2n) is 5.85. The number of primary sulfonamides is 2. The highest BCUT2D eigenvalue weighted by atomic mass is 35.5. The van der Waals surface area contributed by atoms with Gasteiger partial charge in [-0.15, -0.1) is 0 Å². The summed E-state index contributed by atoms with van der Waals surface area (Å²) in [6.45, 7) is 0. The first kappa shape index (κ1) is 21.0. The summed E-state index contributed by atoms with van der Waals surface area (Å²) < 4.78 is 47.1. The molecular formula is C14H13Cl2N5O5S2. The van der Waals surface area contributed by atoms with Crippen LogP contribution in [0.2, 0.25) is 10.0 Å². The summed E-state index contributed by atoms with van der Waals surface area (Å²) in [6, 6.07) is 5.57. The number of amidine groups is 1. The summed E-state index contributed by atoms with van der Waals surface area (Å²) in [5.74, 6) is 5.21. The van der Waals surface area contributed by atoms with Crippen molar-refractivity contribution in [3.63, 3.8) is 0 Å². The van der Waals surface area contributed by atoms with Gasteiger partial charge >= 0.3 is 0 Å². The normalized spacial score (nSPS) is 19.3. The summed E-state index contributed by atoms with van der Waals surface area (Å²) in [5.41, 5.74) is -0.191. The van der Waals surface area contributed by atoms with Crippen molar-refractivity contribution in [2.45, 2.75) is 15.4 Å². The molecule has 10 nitrogen and oxygen atoms in total. The first-order valence-corrected chi connectivity index (χ1v) is 11.1. The van der Waals surface area contributed by atoms with E-state index in [4.69, 9.17) is 39.3 Å². The number of benzene rings is 2. The zero-order chi connectivity index (χ0) is 21.1. The fourth-order valence-electron chi connectivity index (χ4n) is 2.84. The number of aliphatic imine (C=N–C) groups is 1. The smallest absolute Gasteiger partial charge is 0.239 e. The number of rotatable bonds is 3. The summed E-state index contributed by atoms with van der Waals surface area (Å²) in [6.07, 6.45) is 0. The average Bonchev–Trinajstić information content (AvgIpc) is 2.84. The Morgan fingerprint density at radius 2 is 1.61 bits per heavy atom. The maximum atomic E-state index is 11.8. The SMILES string of the molecule is NNC1=Nc2cc(Cl)c(S(N)(=O)=O)cc2C1(O)c1cc(S(N)(=O)=O)ccc1Cl. The Hall–Kier alpha value is -1.77. The number of hydrogen-bond donors (Lipinski definition) is 5. The maximum absolute atomic E-state index is 11.8. The van der Waals surface area contributed by atoms with E-state index in [0.717, 1.165) is 18.2 Å². The molecule has 0 amide bonds. The number of fused-ring (bicyclic) bond motifs is 1. The molecule has 1 heterocycles. The molecule has 0 aromatic heterocycles. The van der Waals surface area contributed by atoms with Gasteiger partial charge in [-0.05, 0) is 30.3 Å². The van der Waals surface area contributed by atoms with Gasteiger partial charge in [-0.3, -0.25) is 0 Å². The van der Waals surface area contributed by atoms with Gasteiger partial charge in [0.1, 0.15) is 4.90 Å². The molecular weight excluding hydrogens is 453 g/mol. The van der Waals surface area contributed by atoms with Crippen LogP contribution in [0.1, 0.15) is 11.1 Å². The minimum absolute atomic E-state index is 0.0576. The lowest BCUT2D eigenvalue weighted by Gasteiger charge is -2.28. The largest absolute Gasteiger partial charge is 0.373 e. The number of aliphatic hydroxyl groups is 1. The topological polar surface area (TPSA) is 191 Å². The lowest BCUT2D eigenvalue weighted by molar-refractivity contribution is 0.155. The van der Waals surface area contributed by atoms with Crippen LogP contribution < -0.4 is 21.5 Å². The summed E-state index contributed by atoms with van der Waals surface area (Å²) in [7, 11) is -8.38. The molecule has 150 valence electrons. The minimum Gasteiger partial charge on any atom is -0.373 e. The molecule has 2 aromatic rings. The highest BCUT2D eigenvalue weighted by Crippen LogP contribution is 2.47. The third kappa shape index (κ3) is 3.27. The molecule has 1 aliphatic rings. The highest BCUT2D eigenvalue weighted by Gasteiger charge is 2.46. The maximum Gasteiger partial charge on any atom is 0.239 e. The van der Waals surface area contributed by atoms with E-state index in [-0.39, 0.29) is 37.6 Å². The monoisotopic (exact) mass is 465 g/mol. The van der Waals surface area contributed by atoms with Crippen molar-refractivity contribution in [2.24, 2.45) is 21.1 Å². The Morgan fingerprint density at radius 1 is 0.964 bits per heavy atom. The van der Waals surface area contributed by atoms with Crippen LogP contribution in [-0.4, -0.2) is 27.8 Å². The molecule has 0 saturated carbocycles. The molecule has 1 unspecified atom stereocenters. The Balaban J connectivity index is 2.38. The van der Waals surface area contributed by atoms with Crippen LogP contribution in [-0.2, 0) is 25.6 Å². The number of nitrogens with zero attached hydrogens (tertiary/aromatic N) is 1. The fraction of sp³-hybridized carbons (Fsp3) is 0.0714. The van der Waals surface area contributed by atoms with Gasteiger partial charge < -0.3 is 10.5 Å². The van der Waals surface area contributed by atoms with E-state index >= 15 is 0 Å². The van der Waals surface area contributed by atoms with Crippen molar-refractivity contribution in [2.75, 3.05) is 0 Å². The van der Waals surface area contributed by atoms with Gasteiger partial charge in [0.05, 0.1) is 15.6 Å². The fourth-order valence-corrected chi connectivity index (χ4v) is 4.73. The van der Waals surface area contributed by atoms with Crippen LogP contribution in [0.5, 0.6) is 0 Å². The number of hydrazine groups is 1. The van der Waals surface area contributed by atoms with Crippen LogP contribution in [0.4, 0.5) is 5.69 Å². The molecule has 0 aliphatic carbocycles. The predicted molar refractivity (Wildman–Crippen MR) is 103 cm³/mol. The van der Waals surface area contributed by atoms with Crippen LogP contribution >= 0.6 is 23.2 Å². The van der Waals surface area contributed by atoms with Gasteiger partial charge in [-0.2, -0.15) is 0 Å². The zero-order valence-electron chi connectivity index (χ0n) is 13.7. The van der Waals surface area contributed by atoms with Crippen molar-refractivity contribution in [1.29, 1.82) is 0 Å². The Morgan fingerprint density at radius 3 is 2.14 bits per heavy atom. The van der Waals surface area contributed by atoms with Gasteiger partial charge in [0, 0.05) is 16.1 Å².